The third-order valence-electron chi connectivity index (χ3n) is 7.35. The lowest BCUT2D eigenvalue weighted by molar-refractivity contribution is -0.485. The largest absolute Gasteiger partial charge is 0.460 e. The summed E-state index contributed by atoms with van der Waals surface area (Å²) in [6.45, 7) is 1.82. The summed E-state index contributed by atoms with van der Waals surface area (Å²) in [6.07, 6.45) is -9.65. The van der Waals surface area contributed by atoms with Crippen LogP contribution in [-0.2, 0) is 0 Å². The summed E-state index contributed by atoms with van der Waals surface area (Å²) in [4.78, 5) is 0. The summed E-state index contributed by atoms with van der Waals surface area (Å²) < 4.78 is 366. The van der Waals surface area contributed by atoms with Gasteiger partial charge in [0.1, 0.15) is 0 Å². The molecule has 308 valence electrons. The van der Waals surface area contributed by atoms with Gasteiger partial charge < -0.3 is 0 Å². The van der Waals surface area contributed by atoms with Gasteiger partial charge >= 0.3 is 77.2 Å². The average Bonchev–Trinajstić information content (AvgIpc) is 2.94. The Kier molecular flexibility index (Phi) is 13.9. The summed E-state index contributed by atoms with van der Waals surface area (Å²) in [5, 5.41) is 0. The van der Waals surface area contributed by atoms with Gasteiger partial charge in [-0.3, -0.25) is 0 Å². The predicted molar refractivity (Wildman–Crippen MR) is 117 cm³/mol. The van der Waals surface area contributed by atoms with Gasteiger partial charge in [-0.05, 0) is 6.42 Å². The second kappa shape index (κ2) is 14.4. The molecule has 0 aliphatic rings. The van der Waals surface area contributed by atoms with E-state index in [2.05, 4.69) is 0 Å². The summed E-state index contributed by atoms with van der Waals surface area (Å²) in [6, 6.07) is 0. The molecule has 0 bridgehead atoms. The molecule has 0 N–H and O–H groups in total. The first-order valence-corrected chi connectivity index (χ1v) is 13.7. The molecular weight excluding hydrogens is 801 g/mol. The molecule has 0 saturated carbocycles. The molecule has 0 aromatic carbocycles. The van der Waals surface area contributed by atoms with Crippen LogP contribution in [0.5, 0.6) is 0 Å². The zero-order valence-corrected chi connectivity index (χ0v) is 24.8. The molecule has 0 nitrogen and oxygen atoms in total. The Bertz CT molecular complexity index is 1130. The lowest BCUT2D eigenvalue weighted by Gasteiger charge is -2.46. The maximum atomic E-state index is 14.0. The van der Waals surface area contributed by atoms with Gasteiger partial charge in [-0.25, -0.2) is 0 Å². The Morgan fingerprint density at radius 3 is 0.667 bits per heavy atom. The molecule has 27 heteroatoms. The van der Waals surface area contributed by atoms with Gasteiger partial charge in [-0.1, -0.05) is 58.3 Å². The zero-order valence-electron chi connectivity index (χ0n) is 24.8. The highest BCUT2D eigenvalue weighted by molar-refractivity contribution is 5.20. The Morgan fingerprint density at radius 2 is 0.431 bits per heavy atom. The van der Waals surface area contributed by atoms with Gasteiger partial charge in [0.2, 0.25) is 0 Å². The first-order chi connectivity index (χ1) is 22.1. The van der Waals surface area contributed by atoms with Crippen molar-refractivity contribution in [1.82, 2.24) is 0 Å². The van der Waals surface area contributed by atoms with Gasteiger partial charge in [0.15, 0.2) is 0 Å². The molecular formula is C24H23F27. The van der Waals surface area contributed by atoms with Crippen LogP contribution in [-0.4, -0.2) is 77.2 Å². The van der Waals surface area contributed by atoms with E-state index in [-0.39, 0.29) is 12.8 Å². The van der Waals surface area contributed by atoms with E-state index in [4.69, 9.17) is 0 Å². The molecule has 0 fully saturated rings. The molecule has 51 heavy (non-hydrogen) atoms. The minimum Gasteiger partial charge on any atom is -0.200 e. The fourth-order valence-corrected chi connectivity index (χ4v) is 4.00. The first kappa shape index (κ1) is 49.1. The molecule has 0 amide bonds. The van der Waals surface area contributed by atoms with Crippen LogP contribution >= 0.6 is 0 Å². The van der Waals surface area contributed by atoms with E-state index in [1.54, 1.807) is 0 Å². The van der Waals surface area contributed by atoms with Crippen molar-refractivity contribution in [3.63, 3.8) is 0 Å². The monoisotopic (exact) mass is 824 g/mol. The van der Waals surface area contributed by atoms with E-state index in [9.17, 15) is 119 Å². The molecule has 0 aromatic rings. The van der Waals surface area contributed by atoms with E-state index in [0.717, 1.165) is 12.8 Å². The summed E-state index contributed by atoms with van der Waals surface area (Å²) in [7, 11) is 0. The minimum atomic E-state index is -9.74. The molecule has 0 heterocycles. The second-order valence-electron chi connectivity index (χ2n) is 11.1. The Labute approximate surface area is 268 Å². The number of hydrogen-bond donors (Lipinski definition) is 0. The molecule has 0 aliphatic carbocycles. The lowest BCUT2D eigenvalue weighted by atomic mass is 9.83. The van der Waals surface area contributed by atoms with E-state index >= 15 is 0 Å². The number of rotatable bonds is 21. The first-order valence-electron chi connectivity index (χ1n) is 13.7. The summed E-state index contributed by atoms with van der Waals surface area (Å²) in [5.41, 5.74) is 0. The van der Waals surface area contributed by atoms with Gasteiger partial charge in [0.05, 0.1) is 0 Å². The molecule has 0 aromatic heterocycles. The van der Waals surface area contributed by atoms with Crippen molar-refractivity contribution < 1.29 is 119 Å². The number of hydrogen-bond acceptors (Lipinski definition) is 0. The van der Waals surface area contributed by atoms with Crippen LogP contribution in [0.4, 0.5) is 119 Å². The van der Waals surface area contributed by atoms with Gasteiger partial charge in [0, 0.05) is 6.42 Å². The topological polar surface area (TPSA) is 0 Å². The fourth-order valence-electron chi connectivity index (χ4n) is 4.00. The van der Waals surface area contributed by atoms with E-state index in [0.29, 0.717) is 19.3 Å². The lowest BCUT2D eigenvalue weighted by Crippen LogP contribution is -2.78. The quantitative estimate of drug-likeness (QED) is 0.0799. The van der Waals surface area contributed by atoms with Crippen molar-refractivity contribution in [1.29, 1.82) is 0 Å². The summed E-state index contributed by atoms with van der Waals surface area (Å²) in [5.74, 6) is -109. The van der Waals surface area contributed by atoms with E-state index in [1.165, 1.54) is 0 Å². The molecule has 0 radical (unpaired) electrons. The molecule has 0 saturated heterocycles. The molecule has 0 rings (SSSR count). The van der Waals surface area contributed by atoms with Crippen molar-refractivity contribution in [2.24, 2.45) is 0 Å². The van der Waals surface area contributed by atoms with Crippen LogP contribution < -0.4 is 0 Å². The number of halogens is 27. The van der Waals surface area contributed by atoms with Crippen LogP contribution in [0.3, 0.4) is 0 Å². The van der Waals surface area contributed by atoms with Crippen LogP contribution in [0.15, 0.2) is 0 Å². The highest BCUT2D eigenvalue weighted by Crippen LogP contribution is 2.68. The third kappa shape index (κ3) is 7.33. The highest BCUT2D eigenvalue weighted by Gasteiger charge is 3.00. The standard InChI is InChI=1S/C24H23F27/c1-2-3-4-5-6-7-8-9-10-11-12(25,26)13(27,28)14(29,30)15(31,32)16(33,34)17(35,36)18(37,38)19(39,40)20(41,42)21(43,44)22(45,46)23(47,48)24(49,50)51/h2-11H2,1H3. The third-order valence-corrected chi connectivity index (χ3v) is 7.35. The maximum absolute atomic E-state index is 14.0. The van der Waals surface area contributed by atoms with E-state index in [1.807, 2.05) is 6.92 Å². The Hall–Kier alpha value is -1.89. The zero-order chi connectivity index (χ0) is 41.6. The number of alkyl halides is 27. The normalized spacial score (nSPS) is 16.2. The van der Waals surface area contributed by atoms with Gasteiger partial charge in [-0.15, -0.1) is 0 Å². The van der Waals surface area contributed by atoms with Crippen LogP contribution in [0, 0.1) is 0 Å². The summed E-state index contributed by atoms with van der Waals surface area (Å²) >= 11 is 0. The predicted octanol–water partition coefficient (Wildman–Crippen LogP) is 13.1. The van der Waals surface area contributed by atoms with Crippen molar-refractivity contribution in [3.8, 4) is 0 Å². The van der Waals surface area contributed by atoms with Gasteiger partial charge in [0.25, 0.3) is 0 Å². The Balaban J connectivity index is 6.78. The molecule has 0 atom stereocenters. The maximum Gasteiger partial charge on any atom is 0.460 e. The SMILES string of the molecule is CCCCCCCCCCCC(F)(F)C(F)(F)C(F)(F)C(F)(F)C(F)(F)C(F)(F)C(F)(F)C(F)(F)C(F)(F)C(F)(F)C(F)(F)C(F)(F)C(F)(F)F. The van der Waals surface area contributed by atoms with Crippen LogP contribution in [0.25, 0.3) is 0 Å². The molecule has 0 spiro atoms. The smallest absolute Gasteiger partial charge is 0.200 e. The second-order valence-corrected chi connectivity index (χ2v) is 11.1. The van der Waals surface area contributed by atoms with E-state index < -0.39 is 96.5 Å². The van der Waals surface area contributed by atoms with Crippen LogP contribution in [0.1, 0.15) is 71.1 Å². The van der Waals surface area contributed by atoms with Crippen molar-refractivity contribution >= 4 is 0 Å². The van der Waals surface area contributed by atoms with Gasteiger partial charge in [-0.2, -0.15) is 119 Å². The van der Waals surface area contributed by atoms with Crippen molar-refractivity contribution in [3.05, 3.63) is 0 Å². The van der Waals surface area contributed by atoms with Crippen LogP contribution in [0.2, 0.25) is 0 Å². The average molecular weight is 824 g/mol. The Morgan fingerprint density at radius 1 is 0.235 bits per heavy atom. The van der Waals surface area contributed by atoms with Crippen molar-refractivity contribution in [2.75, 3.05) is 0 Å². The fraction of sp³-hybridized carbons (Fsp3) is 1.00. The minimum absolute atomic E-state index is 0.141. The number of unbranched alkanes of at least 4 members (excludes halogenated alkanes) is 8. The van der Waals surface area contributed by atoms with Crippen molar-refractivity contribution in [2.45, 2.75) is 148 Å². The molecule has 0 unspecified atom stereocenters. The molecule has 0 aliphatic heterocycles. The highest BCUT2D eigenvalue weighted by atomic mass is 19.4.